The van der Waals surface area contributed by atoms with E-state index in [0.717, 1.165) is 5.56 Å². The van der Waals surface area contributed by atoms with Crippen LogP contribution in [0.1, 0.15) is 15.9 Å². The molecule has 0 radical (unpaired) electrons. The third-order valence-electron chi connectivity index (χ3n) is 3.03. The minimum Gasteiger partial charge on any atom is -0.480 e. The quantitative estimate of drug-likeness (QED) is 0.942. The maximum Gasteiger partial charge on any atom is 0.323 e. The summed E-state index contributed by atoms with van der Waals surface area (Å²) in [6.45, 7) is 1.43. The largest absolute Gasteiger partial charge is 0.480 e. The van der Waals surface area contributed by atoms with Crippen molar-refractivity contribution >= 4 is 29.2 Å². The second-order valence-corrected chi connectivity index (χ2v) is 4.99. The van der Waals surface area contributed by atoms with E-state index < -0.39 is 18.4 Å². The van der Waals surface area contributed by atoms with Gasteiger partial charge in [0, 0.05) is 16.3 Å². The van der Waals surface area contributed by atoms with Crippen molar-refractivity contribution in [3.8, 4) is 0 Å². The molecule has 2 rings (SSSR count). The van der Waals surface area contributed by atoms with Crippen LogP contribution in [0.4, 0.5) is 5.69 Å². The van der Waals surface area contributed by atoms with Gasteiger partial charge in [-0.3, -0.25) is 14.5 Å². The second-order valence-electron chi connectivity index (χ2n) is 4.58. The third-order valence-corrected chi connectivity index (χ3v) is 3.43. The van der Waals surface area contributed by atoms with Crippen molar-refractivity contribution in [2.45, 2.75) is 6.92 Å². The third kappa shape index (κ3) is 3.61. The molecule has 0 aliphatic rings. The molecule has 0 saturated carbocycles. The maximum atomic E-state index is 12.5. The van der Waals surface area contributed by atoms with Gasteiger partial charge in [0.2, 0.25) is 0 Å². The molecular formula is C16H14ClNO3. The number of hydrogen-bond acceptors (Lipinski definition) is 2. The van der Waals surface area contributed by atoms with Crippen molar-refractivity contribution in [3.05, 3.63) is 64.7 Å². The lowest BCUT2D eigenvalue weighted by Crippen LogP contribution is -2.35. The average molecular weight is 304 g/mol. The molecule has 0 heterocycles. The van der Waals surface area contributed by atoms with Crippen molar-refractivity contribution in [1.82, 2.24) is 0 Å². The number of para-hydroxylation sites is 1. The molecule has 4 nitrogen and oxygen atoms in total. The first-order valence-corrected chi connectivity index (χ1v) is 6.71. The summed E-state index contributed by atoms with van der Waals surface area (Å²) in [7, 11) is 0. The number of aryl methyl sites for hydroxylation is 1. The molecule has 1 amide bonds. The highest BCUT2D eigenvalue weighted by Gasteiger charge is 2.20. The predicted octanol–water partition coefficient (Wildman–Crippen LogP) is 3.38. The molecule has 0 bridgehead atoms. The number of amides is 1. The number of anilines is 1. The van der Waals surface area contributed by atoms with Crippen LogP contribution < -0.4 is 4.90 Å². The van der Waals surface area contributed by atoms with Crippen LogP contribution in [0.3, 0.4) is 0 Å². The van der Waals surface area contributed by atoms with Gasteiger partial charge in [0.25, 0.3) is 5.91 Å². The van der Waals surface area contributed by atoms with E-state index in [-0.39, 0.29) is 0 Å². The molecule has 0 unspecified atom stereocenters. The van der Waals surface area contributed by atoms with E-state index in [2.05, 4.69) is 0 Å². The molecule has 0 aliphatic carbocycles. The smallest absolute Gasteiger partial charge is 0.323 e. The minimum atomic E-state index is -1.08. The number of carbonyl (C=O) groups excluding carboxylic acids is 1. The molecule has 0 aromatic heterocycles. The summed E-state index contributed by atoms with van der Waals surface area (Å²) < 4.78 is 0. The Balaban J connectivity index is 2.38. The minimum absolute atomic E-state index is 0.357. The zero-order chi connectivity index (χ0) is 15.4. The highest BCUT2D eigenvalue weighted by atomic mass is 35.5. The SMILES string of the molecule is Cc1ccc(C(=O)N(CC(=O)O)c2ccccc2)cc1Cl. The first-order valence-electron chi connectivity index (χ1n) is 6.34. The molecule has 108 valence electrons. The van der Waals surface area contributed by atoms with E-state index in [1.54, 1.807) is 48.5 Å². The van der Waals surface area contributed by atoms with Gasteiger partial charge in [0.1, 0.15) is 6.54 Å². The zero-order valence-electron chi connectivity index (χ0n) is 11.4. The van der Waals surface area contributed by atoms with Crippen molar-refractivity contribution in [3.63, 3.8) is 0 Å². The lowest BCUT2D eigenvalue weighted by atomic mass is 10.1. The first-order chi connectivity index (χ1) is 9.99. The number of carbonyl (C=O) groups is 2. The molecular weight excluding hydrogens is 290 g/mol. The van der Waals surface area contributed by atoms with Crippen molar-refractivity contribution in [1.29, 1.82) is 0 Å². The van der Waals surface area contributed by atoms with Crippen LogP contribution in [-0.2, 0) is 4.79 Å². The van der Waals surface area contributed by atoms with Crippen LogP contribution in [0.2, 0.25) is 5.02 Å². The van der Waals surface area contributed by atoms with Crippen molar-refractivity contribution < 1.29 is 14.7 Å². The topological polar surface area (TPSA) is 57.6 Å². The molecule has 0 atom stereocenters. The molecule has 0 spiro atoms. The summed E-state index contributed by atoms with van der Waals surface area (Å²) in [6.07, 6.45) is 0. The van der Waals surface area contributed by atoms with Crippen LogP contribution in [0, 0.1) is 6.92 Å². The Hall–Kier alpha value is -2.33. The maximum absolute atomic E-state index is 12.5. The van der Waals surface area contributed by atoms with E-state index in [1.165, 1.54) is 4.90 Å². The number of benzene rings is 2. The number of halogens is 1. The van der Waals surface area contributed by atoms with E-state index in [1.807, 2.05) is 6.92 Å². The van der Waals surface area contributed by atoms with Gasteiger partial charge in [-0.05, 0) is 36.8 Å². The fraction of sp³-hybridized carbons (Fsp3) is 0.125. The van der Waals surface area contributed by atoms with Crippen LogP contribution >= 0.6 is 11.6 Å². The molecule has 0 aliphatic heterocycles. The lowest BCUT2D eigenvalue weighted by Gasteiger charge is -2.21. The molecule has 0 fully saturated rings. The monoisotopic (exact) mass is 303 g/mol. The summed E-state index contributed by atoms with van der Waals surface area (Å²) in [5, 5.41) is 9.50. The van der Waals surface area contributed by atoms with Crippen LogP contribution in [0.15, 0.2) is 48.5 Å². The number of carboxylic acid groups (broad SMARTS) is 1. The Morgan fingerprint density at radius 2 is 1.81 bits per heavy atom. The number of nitrogens with zero attached hydrogens (tertiary/aromatic N) is 1. The Kier molecular flexibility index (Phi) is 4.60. The normalized spacial score (nSPS) is 10.2. The Morgan fingerprint density at radius 3 is 2.38 bits per heavy atom. The standard InChI is InChI=1S/C16H14ClNO3/c1-11-7-8-12(9-14(11)17)16(21)18(10-15(19)20)13-5-3-2-4-6-13/h2-9H,10H2,1H3,(H,19,20). The summed E-state index contributed by atoms with van der Waals surface area (Å²) in [4.78, 5) is 24.8. The van der Waals surface area contributed by atoms with Crippen LogP contribution in [0.25, 0.3) is 0 Å². The van der Waals surface area contributed by atoms with Crippen molar-refractivity contribution in [2.24, 2.45) is 0 Å². The highest BCUT2D eigenvalue weighted by molar-refractivity contribution is 6.31. The molecule has 21 heavy (non-hydrogen) atoms. The van der Waals surface area contributed by atoms with Gasteiger partial charge in [-0.15, -0.1) is 0 Å². The van der Waals surface area contributed by atoms with Gasteiger partial charge >= 0.3 is 5.97 Å². The number of hydrogen-bond donors (Lipinski definition) is 1. The molecule has 1 N–H and O–H groups in total. The van der Waals surface area contributed by atoms with Crippen molar-refractivity contribution in [2.75, 3.05) is 11.4 Å². The molecule has 2 aromatic carbocycles. The second kappa shape index (κ2) is 6.41. The summed E-state index contributed by atoms with van der Waals surface area (Å²) in [5.74, 6) is -1.48. The van der Waals surface area contributed by atoms with E-state index in [4.69, 9.17) is 16.7 Å². The van der Waals surface area contributed by atoms with Crippen LogP contribution in [-0.4, -0.2) is 23.5 Å². The van der Waals surface area contributed by atoms with Crippen LogP contribution in [0.5, 0.6) is 0 Å². The molecule has 5 heteroatoms. The molecule has 2 aromatic rings. The van der Waals surface area contributed by atoms with Gasteiger partial charge < -0.3 is 5.11 Å². The van der Waals surface area contributed by atoms with Gasteiger partial charge in [-0.1, -0.05) is 35.9 Å². The fourth-order valence-electron chi connectivity index (χ4n) is 1.91. The zero-order valence-corrected chi connectivity index (χ0v) is 12.2. The summed E-state index contributed by atoms with van der Waals surface area (Å²) in [5.41, 5.74) is 1.75. The Morgan fingerprint density at radius 1 is 1.14 bits per heavy atom. The number of carboxylic acids is 1. The van der Waals surface area contributed by atoms with E-state index in [9.17, 15) is 9.59 Å². The van der Waals surface area contributed by atoms with Gasteiger partial charge in [-0.25, -0.2) is 0 Å². The number of rotatable bonds is 4. The predicted molar refractivity (Wildman–Crippen MR) is 81.9 cm³/mol. The van der Waals surface area contributed by atoms with E-state index in [0.29, 0.717) is 16.3 Å². The first kappa shape index (κ1) is 15.1. The average Bonchev–Trinajstić information content (AvgIpc) is 2.47. The summed E-state index contributed by atoms with van der Waals surface area (Å²) in [6, 6.07) is 13.6. The summed E-state index contributed by atoms with van der Waals surface area (Å²) >= 11 is 6.03. The van der Waals surface area contributed by atoms with Gasteiger partial charge in [0.05, 0.1) is 0 Å². The van der Waals surface area contributed by atoms with Gasteiger partial charge in [-0.2, -0.15) is 0 Å². The lowest BCUT2D eigenvalue weighted by molar-refractivity contribution is -0.135. The molecule has 0 saturated heterocycles. The fourth-order valence-corrected chi connectivity index (χ4v) is 2.09. The number of aliphatic carboxylic acids is 1. The Labute approximate surface area is 127 Å². The highest BCUT2D eigenvalue weighted by Crippen LogP contribution is 2.21. The Bertz CT molecular complexity index is 670. The van der Waals surface area contributed by atoms with Gasteiger partial charge in [0.15, 0.2) is 0 Å². The van der Waals surface area contributed by atoms with E-state index >= 15 is 0 Å².